The topological polar surface area (TPSA) is 95.9 Å². The first-order chi connectivity index (χ1) is 9.20. The average Bonchev–Trinajstić information content (AvgIpc) is 2.34. The number of alkyl carbamates (subject to hydrolysis) is 1. The molecule has 1 rings (SSSR count). The van der Waals surface area contributed by atoms with Crippen molar-refractivity contribution in [2.24, 2.45) is 5.92 Å². The summed E-state index contributed by atoms with van der Waals surface area (Å²) in [5.41, 5.74) is -0.705. The Hall–Kier alpha value is -1.30. The van der Waals surface area contributed by atoms with Crippen molar-refractivity contribution in [3.63, 3.8) is 0 Å². The maximum atomic E-state index is 11.7. The van der Waals surface area contributed by atoms with E-state index in [1.54, 1.807) is 20.8 Å². The summed E-state index contributed by atoms with van der Waals surface area (Å²) < 4.78 is 5.03. The number of aliphatic carboxylic acids is 1. The van der Waals surface area contributed by atoms with Crippen LogP contribution in [0.4, 0.5) is 4.79 Å². The lowest BCUT2D eigenvalue weighted by Crippen LogP contribution is -2.52. The molecule has 1 aliphatic carbocycles. The van der Waals surface area contributed by atoms with Gasteiger partial charge in [-0.3, -0.25) is 0 Å². The van der Waals surface area contributed by atoms with E-state index in [0.717, 1.165) is 32.1 Å². The number of carboxylic acids is 1. The third kappa shape index (κ3) is 5.36. The fourth-order valence-corrected chi connectivity index (χ4v) is 2.48. The van der Waals surface area contributed by atoms with Gasteiger partial charge in [-0.2, -0.15) is 0 Å². The zero-order valence-electron chi connectivity index (χ0n) is 12.4. The van der Waals surface area contributed by atoms with Gasteiger partial charge in [0, 0.05) is 0 Å². The number of ether oxygens (including phenoxy) is 1. The maximum absolute atomic E-state index is 11.7. The van der Waals surface area contributed by atoms with Crippen LogP contribution in [0.3, 0.4) is 0 Å². The van der Waals surface area contributed by atoms with Crippen molar-refractivity contribution in [1.82, 2.24) is 5.32 Å². The van der Waals surface area contributed by atoms with Crippen LogP contribution in [-0.4, -0.2) is 40.0 Å². The zero-order chi connectivity index (χ0) is 15.3. The highest BCUT2D eigenvalue weighted by Gasteiger charge is 2.35. The second-order valence-electron chi connectivity index (χ2n) is 6.35. The molecule has 1 saturated carbocycles. The lowest BCUT2D eigenvalue weighted by molar-refractivity contribution is -0.144. The summed E-state index contributed by atoms with van der Waals surface area (Å²) in [7, 11) is 0. The van der Waals surface area contributed by atoms with Gasteiger partial charge in [0.2, 0.25) is 0 Å². The first-order valence-corrected chi connectivity index (χ1v) is 7.11. The van der Waals surface area contributed by atoms with Crippen LogP contribution in [0.5, 0.6) is 0 Å². The molecule has 2 atom stereocenters. The van der Waals surface area contributed by atoms with Crippen molar-refractivity contribution >= 4 is 12.1 Å². The second-order valence-corrected chi connectivity index (χ2v) is 6.35. The van der Waals surface area contributed by atoms with Gasteiger partial charge >= 0.3 is 12.1 Å². The van der Waals surface area contributed by atoms with Gasteiger partial charge in [0.15, 0.2) is 6.04 Å². The number of aliphatic hydroxyl groups is 1. The third-order valence-electron chi connectivity index (χ3n) is 3.41. The second kappa shape index (κ2) is 6.92. The number of carboxylic acid groups (broad SMARTS) is 1. The van der Waals surface area contributed by atoms with Gasteiger partial charge in [0.25, 0.3) is 0 Å². The minimum Gasteiger partial charge on any atom is -0.480 e. The summed E-state index contributed by atoms with van der Waals surface area (Å²) in [6.07, 6.45) is 2.77. The smallest absolute Gasteiger partial charge is 0.408 e. The van der Waals surface area contributed by atoms with Crippen molar-refractivity contribution < 1.29 is 24.5 Å². The van der Waals surface area contributed by atoms with E-state index in [9.17, 15) is 19.8 Å². The van der Waals surface area contributed by atoms with E-state index in [1.807, 2.05) is 0 Å². The van der Waals surface area contributed by atoms with E-state index >= 15 is 0 Å². The Balaban J connectivity index is 2.63. The van der Waals surface area contributed by atoms with Crippen molar-refractivity contribution in [1.29, 1.82) is 0 Å². The molecule has 0 aliphatic heterocycles. The van der Waals surface area contributed by atoms with Crippen molar-refractivity contribution in [2.45, 2.75) is 70.6 Å². The first-order valence-electron chi connectivity index (χ1n) is 7.11. The first kappa shape index (κ1) is 16.8. The monoisotopic (exact) mass is 287 g/mol. The Morgan fingerprint density at radius 3 is 2.20 bits per heavy atom. The molecule has 6 nitrogen and oxygen atoms in total. The fourth-order valence-electron chi connectivity index (χ4n) is 2.48. The molecule has 1 fully saturated rings. The van der Waals surface area contributed by atoms with Crippen molar-refractivity contribution in [3.8, 4) is 0 Å². The lowest BCUT2D eigenvalue weighted by atomic mass is 9.82. The molecule has 0 saturated heterocycles. The van der Waals surface area contributed by atoms with Gasteiger partial charge in [0.05, 0.1) is 6.10 Å². The van der Waals surface area contributed by atoms with Crippen LogP contribution in [0.2, 0.25) is 0 Å². The van der Waals surface area contributed by atoms with Crippen LogP contribution in [0.1, 0.15) is 52.9 Å². The van der Waals surface area contributed by atoms with Crippen molar-refractivity contribution in [2.75, 3.05) is 0 Å². The van der Waals surface area contributed by atoms with Crippen molar-refractivity contribution in [3.05, 3.63) is 0 Å². The molecule has 1 unspecified atom stereocenters. The summed E-state index contributed by atoms with van der Waals surface area (Å²) >= 11 is 0. The average molecular weight is 287 g/mol. The van der Waals surface area contributed by atoms with Gasteiger partial charge < -0.3 is 20.3 Å². The number of carbonyl (C=O) groups excluding carboxylic acids is 1. The van der Waals surface area contributed by atoms with Crippen LogP contribution in [0.25, 0.3) is 0 Å². The Bertz CT molecular complexity index is 344. The number of carbonyl (C=O) groups is 2. The Kier molecular flexibility index (Phi) is 5.80. The molecule has 1 amide bonds. The van der Waals surface area contributed by atoms with E-state index in [-0.39, 0.29) is 5.92 Å². The van der Waals surface area contributed by atoms with Gasteiger partial charge in [0.1, 0.15) is 5.60 Å². The molecular weight excluding hydrogens is 262 g/mol. The third-order valence-corrected chi connectivity index (χ3v) is 3.41. The maximum Gasteiger partial charge on any atom is 0.408 e. The number of hydrogen-bond donors (Lipinski definition) is 3. The molecule has 20 heavy (non-hydrogen) atoms. The molecule has 0 spiro atoms. The van der Waals surface area contributed by atoms with Crippen LogP contribution in [0, 0.1) is 5.92 Å². The summed E-state index contributed by atoms with van der Waals surface area (Å²) in [4.78, 5) is 22.9. The quantitative estimate of drug-likeness (QED) is 0.734. The number of aliphatic hydroxyl groups excluding tert-OH is 1. The molecule has 6 heteroatoms. The Morgan fingerprint density at radius 1 is 1.20 bits per heavy atom. The molecule has 0 aromatic carbocycles. The van der Waals surface area contributed by atoms with Gasteiger partial charge in [-0.25, -0.2) is 9.59 Å². The van der Waals surface area contributed by atoms with E-state index in [2.05, 4.69) is 5.32 Å². The molecule has 116 valence electrons. The number of nitrogens with one attached hydrogen (secondary N) is 1. The Labute approximate surface area is 119 Å². The highest BCUT2D eigenvalue weighted by atomic mass is 16.6. The molecule has 3 N–H and O–H groups in total. The minimum absolute atomic E-state index is 0.0835. The molecule has 0 bridgehead atoms. The van der Waals surface area contributed by atoms with Gasteiger partial charge in [-0.05, 0) is 39.5 Å². The van der Waals surface area contributed by atoms with Gasteiger partial charge in [-0.15, -0.1) is 0 Å². The van der Waals surface area contributed by atoms with Crippen LogP contribution >= 0.6 is 0 Å². The summed E-state index contributed by atoms with van der Waals surface area (Å²) in [5.74, 6) is -1.33. The SMILES string of the molecule is CC(C)(C)OC(=O)NC(C(=O)O)[C@@H](O)C1CCCCC1. The number of amides is 1. The number of rotatable bonds is 4. The fraction of sp³-hybridized carbons (Fsp3) is 0.857. The highest BCUT2D eigenvalue weighted by molar-refractivity contribution is 5.80. The molecule has 0 aromatic heterocycles. The predicted molar refractivity (Wildman–Crippen MR) is 73.4 cm³/mol. The normalized spacial score (nSPS) is 20.0. The summed E-state index contributed by atoms with van der Waals surface area (Å²) in [6.45, 7) is 5.08. The van der Waals surface area contributed by atoms with Crippen LogP contribution in [0.15, 0.2) is 0 Å². The molecule has 0 radical (unpaired) electrons. The van der Waals surface area contributed by atoms with Crippen LogP contribution in [-0.2, 0) is 9.53 Å². The van der Waals surface area contributed by atoms with Crippen LogP contribution < -0.4 is 5.32 Å². The van der Waals surface area contributed by atoms with E-state index in [1.165, 1.54) is 0 Å². The molecular formula is C14H25NO5. The summed E-state index contributed by atoms with van der Waals surface area (Å²) in [5, 5.41) is 21.7. The lowest BCUT2D eigenvalue weighted by Gasteiger charge is -2.31. The largest absolute Gasteiger partial charge is 0.480 e. The highest BCUT2D eigenvalue weighted by Crippen LogP contribution is 2.28. The Morgan fingerprint density at radius 2 is 1.75 bits per heavy atom. The summed E-state index contributed by atoms with van der Waals surface area (Å²) in [6, 6.07) is -1.33. The standard InChI is InChI=1S/C14H25NO5/c1-14(2,3)20-13(19)15-10(12(17)18)11(16)9-7-5-4-6-8-9/h9-11,16H,4-8H2,1-3H3,(H,15,19)(H,17,18)/t10?,11-/m0/s1. The van der Waals surface area contributed by atoms with E-state index in [0.29, 0.717) is 0 Å². The predicted octanol–water partition coefficient (Wildman–Crippen LogP) is 1.91. The van der Waals surface area contributed by atoms with E-state index < -0.39 is 29.8 Å². The number of hydrogen-bond acceptors (Lipinski definition) is 4. The molecule has 1 aliphatic rings. The minimum atomic E-state index is -1.33. The molecule has 0 aromatic rings. The zero-order valence-corrected chi connectivity index (χ0v) is 12.4. The van der Waals surface area contributed by atoms with Gasteiger partial charge in [-0.1, -0.05) is 19.3 Å². The van der Waals surface area contributed by atoms with E-state index in [4.69, 9.17) is 4.74 Å². The molecule has 0 heterocycles.